The van der Waals surface area contributed by atoms with Crippen molar-refractivity contribution in [3.8, 4) is 0 Å². The fourth-order valence-electron chi connectivity index (χ4n) is 2.90. The number of fused-ring (bicyclic) bond motifs is 1. The number of imidazole rings is 1. The lowest BCUT2D eigenvalue weighted by Crippen LogP contribution is -2.28. The van der Waals surface area contributed by atoms with Gasteiger partial charge in [-0.25, -0.2) is 4.98 Å². The molecule has 19 heavy (non-hydrogen) atoms. The van der Waals surface area contributed by atoms with Crippen LogP contribution >= 0.6 is 12.2 Å². The van der Waals surface area contributed by atoms with Gasteiger partial charge in [-0.15, -0.1) is 0 Å². The van der Waals surface area contributed by atoms with Crippen LogP contribution in [0.1, 0.15) is 20.3 Å². The average Bonchev–Trinajstić information content (AvgIpc) is 2.96. The van der Waals surface area contributed by atoms with Crippen LogP contribution < -0.4 is 0 Å². The summed E-state index contributed by atoms with van der Waals surface area (Å²) in [5, 5.41) is 0. The maximum Gasteiger partial charge on any atom is 0.179 e. The van der Waals surface area contributed by atoms with Gasteiger partial charge < -0.3 is 14.5 Å². The normalized spacial score (nSPS) is 20.7. The molecule has 1 fully saturated rings. The van der Waals surface area contributed by atoms with Gasteiger partial charge in [-0.2, -0.15) is 0 Å². The van der Waals surface area contributed by atoms with Crippen molar-refractivity contribution in [2.45, 2.75) is 32.9 Å². The molecule has 0 spiro atoms. The monoisotopic (exact) mass is 276 g/mol. The lowest BCUT2D eigenvalue weighted by atomic mass is 10.1. The third-order valence-corrected chi connectivity index (χ3v) is 4.34. The lowest BCUT2D eigenvalue weighted by Gasteiger charge is -2.20. The second-order valence-corrected chi connectivity index (χ2v) is 6.05. The highest BCUT2D eigenvalue weighted by Crippen LogP contribution is 2.22. The maximum absolute atomic E-state index is 5.42. The van der Waals surface area contributed by atoms with Crippen LogP contribution in [0.3, 0.4) is 0 Å². The quantitative estimate of drug-likeness (QED) is 0.876. The van der Waals surface area contributed by atoms with E-state index in [1.165, 1.54) is 19.5 Å². The molecule has 5 heteroatoms. The minimum absolute atomic E-state index is 0.638. The molecule has 1 aliphatic rings. The molecule has 0 aromatic carbocycles. The van der Waals surface area contributed by atoms with Crippen molar-refractivity contribution in [3.05, 3.63) is 23.1 Å². The molecular formula is C14H20N4S. The Hall–Kier alpha value is -1.20. The number of rotatable bonds is 3. The molecule has 102 valence electrons. The van der Waals surface area contributed by atoms with E-state index in [4.69, 9.17) is 12.2 Å². The number of aromatic amines is 1. The van der Waals surface area contributed by atoms with Gasteiger partial charge in [-0.1, -0.05) is 0 Å². The fourth-order valence-corrected chi connectivity index (χ4v) is 3.17. The Kier molecular flexibility index (Phi) is 3.41. The third kappa shape index (κ3) is 2.44. The summed E-state index contributed by atoms with van der Waals surface area (Å²) in [6.07, 6.45) is 3.08. The highest BCUT2D eigenvalue weighted by molar-refractivity contribution is 7.71. The van der Waals surface area contributed by atoms with Gasteiger partial charge in [-0.05, 0) is 57.1 Å². The zero-order valence-electron chi connectivity index (χ0n) is 11.5. The van der Waals surface area contributed by atoms with Crippen molar-refractivity contribution in [3.63, 3.8) is 0 Å². The molecule has 3 rings (SSSR count). The van der Waals surface area contributed by atoms with E-state index in [1.807, 2.05) is 18.3 Å². The number of nitrogens with one attached hydrogen (secondary N) is 1. The molecule has 0 radical (unpaired) electrons. The Morgan fingerprint density at radius 3 is 3.11 bits per heavy atom. The molecule has 4 nitrogen and oxygen atoms in total. The number of pyridine rings is 1. The van der Waals surface area contributed by atoms with Crippen LogP contribution in [0.15, 0.2) is 18.3 Å². The summed E-state index contributed by atoms with van der Waals surface area (Å²) in [5.41, 5.74) is 2.02. The molecule has 0 saturated carbocycles. The topological polar surface area (TPSA) is 36.9 Å². The Balaban J connectivity index is 1.83. The van der Waals surface area contributed by atoms with E-state index in [0.717, 1.165) is 22.5 Å². The second-order valence-electron chi connectivity index (χ2n) is 5.66. The van der Waals surface area contributed by atoms with Crippen LogP contribution in [-0.4, -0.2) is 38.6 Å². The van der Waals surface area contributed by atoms with Gasteiger partial charge in [-0.3, -0.25) is 0 Å². The van der Waals surface area contributed by atoms with E-state index >= 15 is 0 Å². The number of hydrogen-bond acceptors (Lipinski definition) is 3. The molecule has 0 aliphatic carbocycles. The minimum atomic E-state index is 0.638. The van der Waals surface area contributed by atoms with E-state index in [0.29, 0.717) is 12.0 Å². The molecule has 1 unspecified atom stereocenters. The Bertz CT molecular complexity index is 628. The summed E-state index contributed by atoms with van der Waals surface area (Å²) < 4.78 is 2.94. The summed E-state index contributed by atoms with van der Waals surface area (Å²) in [7, 11) is 0. The zero-order chi connectivity index (χ0) is 13.4. The first kappa shape index (κ1) is 12.8. The van der Waals surface area contributed by atoms with Crippen molar-refractivity contribution < 1.29 is 0 Å². The third-order valence-electron chi connectivity index (χ3n) is 4.02. The Morgan fingerprint density at radius 1 is 1.53 bits per heavy atom. The summed E-state index contributed by atoms with van der Waals surface area (Å²) in [6.45, 7) is 7.87. The van der Waals surface area contributed by atoms with Crippen LogP contribution in [0.2, 0.25) is 0 Å². The van der Waals surface area contributed by atoms with Crippen LogP contribution in [0.4, 0.5) is 0 Å². The van der Waals surface area contributed by atoms with Gasteiger partial charge in [0, 0.05) is 25.3 Å². The van der Waals surface area contributed by atoms with Crippen LogP contribution in [0.25, 0.3) is 11.2 Å². The first-order valence-corrected chi connectivity index (χ1v) is 7.33. The van der Waals surface area contributed by atoms with E-state index in [9.17, 15) is 0 Å². The smallest absolute Gasteiger partial charge is 0.179 e. The van der Waals surface area contributed by atoms with E-state index < -0.39 is 0 Å². The van der Waals surface area contributed by atoms with Crippen LogP contribution in [-0.2, 0) is 6.54 Å². The first-order chi connectivity index (χ1) is 9.15. The number of H-pyrrole nitrogens is 1. The molecule has 1 atom stereocenters. The van der Waals surface area contributed by atoms with E-state index in [2.05, 4.69) is 33.3 Å². The highest BCUT2D eigenvalue weighted by Gasteiger charge is 2.25. The minimum Gasteiger partial charge on any atom is -0.329 e. The van der Waals surface area contributed by atoms with Crippen molar-refractivity contribution in [1.82, 2.24) is 19.4 Å². The summed E-state index contributed by atoms with van der Waals surface area (Å²) in [4.78, 5) is 10.2. The number of nitrogens with zero attached hydrogens (tertiary/aromatic N) is 3. The predicted molar refractivity (Wildman–Crippen MR) is 79.7 cm³/mol. The zero-order valence-corrected chi connectivity index (χ0v) is 12.3. The van der Waals surface area contributed by atoms with Gasteiger partial charge >= 0.3 is 0 Å². The van der Waals surface area contributed by atoms with Crippen molar-refractivity contribution in [1.29, 1.82) is 0 Å². The van der Waals surface area contributed by atoms with Gasteiger partial charge in [0.05, 0.1) is 5.52 Å². The summed E-state index contributed by atoms with van der Waals surface area (Å²) in [5.74, 6) is 0.676. The molecule has 1 aliphatic heterocycles. The van der Waals surface area contributed by atoms with Crippen LogP contribution in [0, 0.1) is 10.7 Å². The fraction of sp³-hybridized carbons (Fsp3) is 0.571. The van der Waals surface area contributed by atoms with Crippen molar-refractivity contribution in [2.24, 2.45) is 5.92 Å². The highest BCUT2D eigenvalue weighted by atomic mass is 32.1. The molecule has 1 N–H and O–H groups in total. The van der Waals surface area contributed by atoms with Gasteiger partial charge in [0.1, 0.15) is 0 Å². The lowest BCUT2D eigenvalue weighted by molar-refractivity contribution is 0.261. The molecule has 1 saturated heterocycles. The van der Waals surface area contributed by atoms with E-state index in [1.54, 1.807) is 0 Å². The molecule has 2 aromatic heterocycles. The number of aromatic nitrogens is 3. The van der Waals surface area contributed by atoms with Gasteiger partial charge in [0.15, 0.2) is 10.4 Å². The van der Waals surface area contributed by atoms with Crippen LogP contribution in [0.5, 0.6) is 0 Å². The van der Waals surface area contributed by atoms with Crippen molar-refractivity contribution >= 4 is 23.4 Å². The molecule has 0 bridgehead atoms. The Labute approximate surface area is 118 Å². The van der Waals surface area contributed by atoms with Gasteiger partial charge in [0.25, 0.3) is 0 Å². The second kappa shape index (κ2) is 5.06. The van der Waals surface area contributed by atoms with Crippen molar-refractivity contribution in [2.75, 3.05) is 13.1 Å². The molecule has 0 amide bonds. The summed E-state index contributed by atoms with van der Waals surface area (Å²) >= 11 is 5.42. The van der Waals surface area contributed by atoms with Gasteiger partial charge in [0.2, 0.25) is 0 Å². The molecular weight excluding hydrogens is 256 g/mol. The largest absolute Gasteiger partial charge is 0.329 e. The summed E-state index contributed by atoms with van der Waals surface area (Å²) in [6, 6.07) is 4.61. The average molecular weight is 276 g/mol. The molecule has 3 heterocycles. The predicted octanol–water partition coefficient (Wildman–Crippen LogP) is 2.82. The van der Waals surface area contributed by atoms with E-state index in [-0.39, 0.29) is 0 Å². The SMILES string of the molecule is CC(C)N1CCC(Cn2c(=S)[nH]c3cccnc32)C1. The standard InChI is InChI=1S/C14H20N4S/c1-10(2)17-7-5-11(8-17)9-18-13-12(16-14(18)19)4-3-6-15-13/h3-4,6,10-11H,5,7-9H2,1-2H3,(H,16,19). The number of likely N-dealkylation sites (tertiary alicyclic amines) is 1. The molecule has 2 aromatic rings. The maximum atomic E-state index is 5.42. The Morgan fingerprint density at radius 2 is 2.37 bits per heavy atom. The number of hydrogen-bond donors (Lipinski definition) is 1. The first-order valence-electron chi connectivity index (χ1n) is 6.92.